The van der Waals surface area contributed by atoms with Crippen LogP contribution >= 0.6 is 12.4 Å². The SMILES string of the molecule is CC(NC(=O)c1ccoc1)C(=O)NCc1ccc2c(c1)CNC2.Cl. The molecule has 1 aliphatic rings. The summed E-state index contributed by atoms with van der Waals surface area (Å²) in [5, 5.41) is 8.77. The number of carbonyl (C=O) groups excluding carboxylic acids is 2. The molecule has 0 spiro atoms. The molecule has 0 saturated carbocycles. The molecular weight excluding hydrogens is 330 g/mol. The van der Waals surface area contributed by atoms with Gasteiger partial charge >= 0.3 is 0 Å². The molecule has 2 heterocycles. The maximum absolute atomic E-state index is 12.1. The van der Waals surface area contributed by atoms with Crippen molar-refractivity contribution in [3.8, 4) is 0 Å². The molecule has 1 atom stereocenters. The molecule has 2 aromatic rings. The Labute approximate surface area is 146 Å². The van der Waals surface area contributed by atoms with Crippen LogP contribution in [0.25, 0.3) is 0 Å². The molecule has 128 valence electrons. The molecular formula is C17H20ClN3O3. The third kappa shape index (κ3) is 4.15. The zero-order valence-electron chi connectivity index (χ0n) is 13.3. The van der Waals surface area contributed by atoms with Crippen LogP contribution in [0.15, 0.2) is 41.2 Å². The fraction of sp³-hybridized carbons (Fsp3) is 0.294. The predicted molar refractivity (Wildman–Crippen MR) is 91.7 cm³/mol. The quantitative estimate of drug-likeness (QED) is 0.767. The molecule has 1 aliphatic heterocycles. The molecule has 0 fully saturated rings. The van der Waals surface area contributed by atoms with Crippen molar-refractivity contribution in [3.05, 3.63) is 59.0 Å². The van der Waals surface area contributed by atoms with Crippen molar-refractivity contribution in [1.29, 1.82) is 0 Å². The number of benzene rings is 1. The summed E-state index contributed by atoms with van der Waals surface area (Å²) in [6.07, 6.45) is 2.76. The van der Waals surface area contributed by atoms with Crippen LogP contribution in [0.3, 0.4) is 0 Å². The van der Waals surface area contributed by atoms with Crippen LogP contribution in [0.5, 0.6) is 0 Å². The number of fused-ring (bicyclic) bond motifs is 1. The van der Waals surface area contributed by atoms with Crippen molar-refractivity contribution in [2.75, 3.05) is 0 Å². The minimum Gasteiger partial charge on any atom is -0.472 e. The van der Waals surface area contributed by atoms with E-state index in [2.05, 4.69) is 28.1 Å². The van der Waals surface area contributed by atoms with Gasteiger partial charge in [-0.05, 0) is 29.7 Å². The normalized spacial score (nSPS) is 13.5. The van der Waals surface area contributed by atoms with E-state index in [1.165, 1.54) is 23.7 Å². The first kappa shape index (κ1) is 18.0. The van der Waals surface area contributed by atoms with E-state index in [0.29, 0.717) is 12.1 Å². The molecule has 24 heavy (non-hydrogen) atoms. The van der Waals surface area contributed by atoms with Crippen LogP contribution in [-0.2, 0) is 24.4 Å². The summed E-state index contributed by atoms with van der Waals surface area (Å²) in [7, 11) is 0. The Kier molecular flexibility index (Phi) is 6.00. The van der Waals surface area contributed by atoms with Crippen molar-refractivity contribution in [1.82, 2.24) is 16.0 Å². The lowest BCUT2D eigenvalue weighted by Crippen LogP contribution is -2.44. The summed E-state index contributed by atoms with van der Waals surface area (Å²) < 4.78 is 4.85. The first-order chi connectivity index (χ1) is 11.1. The Morgan fingerprint density at radius 3 is 2.79 bits per heavy atom. The third-order valence-electron chi connectivity index (χ3n) is 3.89. The lowest BCUT2D eigenvalue weighted by molar-refractivity contribution is -0.122. The minimum absolute atomic E-state index is 0. The molecule has 0 radical (unpaired) electrons. The standard InChI is InChI=1S/C17H19N3O3.ClH/c1-11(20-17(22)14-4-5-23-10-14)16(21)19-7-12-2-3-13-8-18-9-15(13)6-12;/h2-6,10-11,18H,7-9H2,1H3,(H,19,21)(H,20,22);1H. The zero-order valence-corrected chi connectivity index (χ0v) is 14.1. The third-order valence-corrected chi connectivity index (χ3v) is 3.89. The van der Waals surface area contributed by atoms with E-state index in [1.807, 2.05) is 6.07 Å². The fourth-order valence-corrected chi connectivity index (χ4v) is 2.54. The summed E-state index contributed by atoms with van der Waals surface area (Å²) in [5.74, 6) is -0.550. The van der Waals surface area contributed by atoms with Gasteiger partial charge in [-0.3, -0.25) is 9.59 Å². The first-order valence-electron chi connectivity index (χ1n) is 7.55. The highest BCUT2D eigenvalue weighted by molar-refractivity contribution is 5.97. The molecule has 1 aromatic heterocycles. The molecule has 3 N–H and O–H groups in total. The summed E-state index contributed by atoms with van der Waals surface area (Å²) in [5.41, 5.74) is 4.03. The second-order valence-electron chi connectivity index (χ2n) is 5.63. The predicted octanol–water partition coefficient (Wildman–Crippen LogP) is 1.74. The molecule has 0 aliphatic carbocycles. The van der Waals surface area contributed by atoms with Gasteiger partial charge in [-0.2, -0.15) is 0 Å². The Morgan fingerprint density at radius 1 is 1.25 bits per heavy atom. The molecule has 2 amide bonds. The molecule has 3 rings (SSSR count). The first-order valence-corrected chi connectivity index (χ1v) is 7.55. The van der Waals surface area contributed by atoms with Crippen LogP contribution in [-0.4, -0.2) is 17.9 Å². The largest absolute Gasteiger partial charge is 0.472 e. The number of hydrogen-bond donors (Lipinski definition) is 3. The average Bonchev–Trinajstić information content (AvgIpc) is 3.22. The number of halogens is 1. The highest BCUT2D eigenvalue weighted by Crippen LogP contribution is 2.16. The lowest BCUT2D eigenvalue weighted by atomic mass is 10.1. The Bertz CT molecular complexity index is 716. The second-order valence-corrected chi connectivity index (χ2v) is 5.63. The maximum Gasteiger partial charge on any atom is 0.255 e. The average molecular weight is 350 g/mol. The van der Waals surface area contributed by atoms with Crippen LogP contribution in [0, 0.1) is 0 Å². The summed E-state index contributed by atoms with van der Waals surface area (Å²) in [4.78, 5) is 24.0. The Morgan fingerprint density at radius 2 is 2.04 bits per heavy atom. The van der Waals surface area contributed by atoms with Gasteiger partial charge in [0.05, 0.1) is 11.8 Å². The van der Waals surface area contributed by atoms with Crippen molar-refractivity contribution < 1.29 is 14.0 Å². The number of carbonyl (C=O) groups is 2. The highest BCUT2D eigenvalue weighted by atomic mass is 35.5. The maximum atomic E-state index is 12.1. The van der Waals surface area contributed by atoms with E-state index in [-0.39, 0.29) is 24.2 Å². The van der Waals surface area contributed by atoms with E-state index < -0.39 is 6.04 Å². The molecule has 1 aromatic carbocycles. The van der Waals surface area contributed by atoms with Crippen molar-refractivity contribution >= 4 is 24.2 Å². The van der Waals surface area contributed by atoms with Gasteiger partial charge in [-0.25, -0.2) is 0 Å². The van der Waals surface area contributed by atoms with E-state index in [1.54, 1.807) is 13.0 Å². The van der Waals surface area contributed by atoms with Crippen molar-refractivity contribution in [2.45, 2.75) is 32.6 Å². The summed E-state index contributed by atoms with van der Waals surface area (Å²) in [6.45, 7) is 3.87. The summed E-state index contributed by atoms with van der Waals surface area (Å²) in [6, 6.07) is 7.14. The van der Waals surface area contributed by atoms with Crippen molar-refractivity contribution in [2.24, 2.45) is 0 Å². The number of amides is 2. The van der Waals surface area contributed by atoms with Gasteiger partial charge in [-0.1, -0.05) is 18.2 Å². The van der Waals surface area contributed by atoms with Crippen LogP contribution < -0.4 is 16.0 Å². The monoisotopic (exact) mass is 349 g/mol. The minimum atomic E-state index is -0.617. The Hall–Kier alpha value is -2.31. The van der Waals surface area contributed by atoms with E-state index >= 15 is 0 Å². The smallest absolute Gasteiger partial charge is 0.255 e. The van der Waals surface area contributed by atoms with Gasteiger partial charge in [0.15, 0.2) is 0 Å². The van der Waals surface area contributed by atoms with E-state index in [9.17, 15) is 9.59 Å². The van der Waals surface area contributed by atoms with Gasteiger partial charge < -0.3 is 20.4 Å². The number of hydrogen-bond acceptors (Lipinski definition) is 4. The van der Waals surface area contributed by atoms with E-state index in [4.69, 9.17) is 4.42 Å². The van der Waals surface area contributed by atoms with Crippen LogP contribution in [0.1, 0.15) is 34.0 Å². The summed E-state index contributed by atoms with van der Waals surface area (Å²) >= 11 is 0. The molecule has 0 saturated heterocycles. The topological polar surface area (TPSA) is 83.4 Å². The van der Waals surface area contributed by atoms with Gasteiger partial charge in [0.1, 0.15) is 12.3 Å². The van der Waals surface area contributed by atoms with Gasteiger partial charge in [0.25, 0.3) is 5.91 Å². The second kappa shape index (κ2) is 7.99. The number of rotatable bonds is 5. The zero-order chi connectivity index (χ0) is 16.2. The number of furan rings is 1. The fourth-order valence-electron chi connectivity index (χ4n) is 2.54. The number of nitrogens with one attached hydrogen (secondary N) is 3. The molecule has 0 bridgehead atoms. The molecule has 7 heteroatoms. The van der Waals surface area contributed by atoms with Crippen LogP contribution in [0.2, 0.25) is 0 Å². The van der Waals surface area contributed by atoms with Crippen LogP contribution in [0.4, 0.5) is 0 Å². The molecule has 1 unspecified atom stereocenters. The highest BCUT2D eigenvalue weighted by Gasteiger charge is 2.17. The lowest BCUT2D eigenvalue weighted by Gasteiger charge is -2.14. The Balaban J connectivity index is 0.00000208. The van der Waals surface area contributed by atoms with E-state index in [0.717, 1.165) is 18.7 Å². The molecule has 6 nitrogen and oxygen atoms in total. The van der Waals surface area contributed by atoms with Gasteiger partial charge in [0, 0.05) is 19.6 Å². The van der Waals surface area contributed by atoms with Crippen molar-refractivity contribution in [3.63, 3.8) is 0 Å². The van der Waals surface area contributed by atoms with Gasteiger partial charge in [0.2, 0.25) is 5.91 Å². The van der Waals surface area contributed by atoms with Gasteiger partial charge in [-0.15, -0.1) is 12.4 Å².